The minimum Gasteiger partial charge on any atom is -0.416 e. The Hall–Kier alpha value is -0.773. The minimum absolute atomic E-state index is 0.242. The normalized spacial score (nSPS) is 16.1. The van der Waals surface area contributed by atoms with Gasteiger partial charge >= 0.3 is 0 Å². The average Bonchev–Trinajstić information content (AvgIpc) is 3.03. The van der Waals surface area contributed by atoms with Crippen LogP contribution in [0.15, 0.2) is 6.07 Å². The lowest BCUT2D eigenvalue weighted by molar-refractivity contribution is 0.122. The number of anilines is 1. The van der Waals surface area contributed by atoms with E-state index in [1.165, 1.54) is 4.88 Å². The molecule has 3 heterocycles. The molecule has 1 aliphatic rings. The van der Waals surface area contributed by atoms with E-state index in [4.69, 9.17) is 20.8 Å². The van der Waals surface area contributed by atoms with Crippen molar-refractivity contribution in [3.05, 3.63) is 16.2 Å². The van der Waals surface area contributed by atoms with Crippen LogP contribution in [0.2, 0.25) is 23.4 Å². The van der Waals surface area contributed by atoms with Gasteiger partial charge in [0.2, 0.25) is 5.28 Å². The third-order valence-corrected chi connectivity index (χ3v) is 11.3. The molecule has 156 valence electrons. The first-order valence-electron chi connectivity index (χ1n) is 9.81. The second-order valence-corrected chi connectivity index (χ2v) is 14.9. The second kappa shape index (κ2) is 8.93. The highest BCUT2D eigenvalue weighted by molar-refractivity contribution is 7.18. The Labute approximate surface area is 177 Å². The van der Waals surface area contributed by atoms with Crippen LogP contribution < -0.4 is 10.2 Å². The topological polar surface area (TPSA) is 59.5 Å². The van der Waals surface area contributed by atoms with Gasteiger partial charge in [0.15, 0.2) is 8.32 Å². The lowest BCUT2D eigenvalue weighted by atomic mass is 10.2. The van der Waals surface area contributed by atoms with Crippen LogP contribution >= 0.6 is 22.9 Å². The zero-order chi connectivity index (χ0) is 20.4. The van der Waals surface area contributed by atoms with Crippen LogP contribution in [0.3, 0.4) is 0 Å². The van der Waals surface area contributed by atoms with Gasteiger partial charge in [0, 0.05) is 37.7 Å². The number of thiophene rings is 1. The number of morpholine rings is 1. The van der Waals surface area contributed by atoms with E-state index in [-0.39, 0.29) is 5.04 Å². The van der Waals surface area contributed by atoms with Crippen molar-refractivity contribution in [1.29, 1.82) is 0 Å². The van der Waals surface area contributed by atoms with Gasteiger partial charge in [-0.25, -0.2) is 4.98 Å². The molecule has 1 saturated heterocycles. The van der Waals surface area contributed by atoms with Crippen LogP contribution in [0.1, 0.15) is 25.6 Å². The number of aromatic nitrogens is 2. The summed E-state index contributed by atoms with van der Waals surface area (Å²) in [6, 6.07) is 2.18. The third-order valence-electron chi connectivity index (χ3n) is 5.55. The molecule has 1 N–H and O–H groups in total. The molecule has 2 aromatic heterocycles. The van der Waals surface area contributed by atoms with E-state index in [0.717, 1.165) is 62.0 Å². The van der Waals surface area contributed by atoms with Crippen molar-refractivity contribution < 1.29 is 9.16 Å². The molecule has 0 amide bonds. The summed E-state index contributed by atoms with van der Waals surface area (Å²) in [6.45, 7) is 16.8. The van der Waals surface area contributed by atoms with Crippen LogP contribution in [0, 0.1) is 0 Å². The molecule has 0 bridgehead atoms. The van der Waals surface area contributed by atoms with Crippen LogP contribution in [-0.4, -0.2) is 57.7 Å². The maximum Gasteiger partial charge on any atom is 0.225 e. The highest BCUT2D eigenvalue weighted by Gasteiger charge is 2.36. The van der Waals surface area contributed by atoms with E-state index in [9.17, 15) is 0 Å². The number of nitrogens with one attached hydrogen (secondary N) is 1. The molecule has 0 saturated carbocycles. The molecule has 1 aliphatic heterocycles. The van der Waals surface area contributed by atoms with E-state index < -0.39 is 8.32 Å². The van der Waals surface area contributed by atoms with E-state index >= 15 is 0 Å². The number of fused-ring (bicyclic) bond motifs is 1. The van der Waals surface area contributed by atoms with Gasteiger partial charge in [0.1, 0.15) is 10.6 Å². The molecule has 28 heavy (non-hydrogen) atoms. The van der Waals surface area contributed by atoms with Crippen LogP contribution in [0.25, 0.3) is 10.2 Å². The molecule has 1 fully saturated rings. The number of rotatable bonds is 7. The summed E-state index contributed by atoms with van der Waals surface area (Å²) in [7, 11) is -1.68. The van der Waals surface area contributed by atoms with E-state index in [0.29, 0.717) is 5.28 Å². The fourth-order valence-corrected chi connectivity index (χ4v) is 5.09. The van der Waals surface area contributed by atoms with Crippen molar-refractivity contribution in [2.24, 2.45) is 0 Å². The second-order valence-electron chi connectivity index (χ2n) is 8.63. The van der Waals surface area contributed by atoms with Gasteiger partial charge in [-0.3, -0.25) is 0 Å². The molecule has 0 spiro atoms. The predicted molar refractivity (Wildman–Crippen MR) is 120 cm³/mol. The summed E-state index contributed by atoms with van der Waals surface area (Å²) in [6.07, 6.45) is 0. The molecule has 6 nitrogen and oxygen atoms in total. The quantitative estimate of drug-likeness (QED) is 0.392. The van der Waals surface area contributed by atoms with Gasteiger partial charge in [0.05, 0.1) is 18.6 Å². The summed E-state index contributed by atoms with van der Waals surface area (Å²) in [5.41, 5.74) is 0. The first-order valence-corrected chi connectivity index (χ1v) is 13.9. The van der Waals surface area contributed by atoms with E-state index in [1.807, 2.05) is 0 Å². The number of halogens is 1. The van der Waals surface area contributed by atoms with Gasteiger partial charge < -0.3 is 19.4 Å². The molecule has 0 unspecified atom stereocenters. The van der Waals surface area contributed by atoms with Gasteiger partial charge in [-0.05, 0) is 35.8 Å². The Balaban J connectivity index is 1.60. The summed E-state index contributed by atoms with van der Waals surface area (Å²) in [5, 5.41) is 5.11. The first kappa shape index (κ1) is 21.9. The fraction of sp³-hybridized carbons (Fsp3) is 0.684. The Morgan fingerprint density at radius 2 is 2.00 bits per heavy atom. The highest BCUT2D eigenvalue weighted by Crippen LogP contribution is 2.36. The molecule has 0 aliphatic carbocycles. The van der Waals surface area contributed by atoms with Crippen molar-refractivity contribution in [2.75, 3.05) is 44.4 Å². The van der Waals surface area contributed by atoms with Crippen LogP contribution in [0.4, 0.5) is 5.82 Å². The fourth-order valence-electron chi connectivity index (χ4n) is 2.84. The molecule has 2 aromatic rings. The number of hydrogen-bond donors (Lipinski definition) is 1. The molecular formula is C19H31ClN4O2SSi. The zero-order valence-corrected chi connectivity index (χ0v) is 20.0. The third kappa shape index (κ3) is 5.23. The molecule has 9 heteroatoms. The molecular weight excluding hydrogens is 412 g/mol. The predicted octanol–water partition coefficient (Wildman–Crippen LogP) is 4.29. The Bertz CT molecular complexity index is 803. The SMILES string of the molecule is CC(C)(C)[Si](C)(C)OCCNCc1cc2c(N3CCOCC3)nc(Cl)nc2s1. The Kier molecular flexibility index (Phi) is 6.99. The average molecular weight is 443 g/mol. The lowest BCUT2D eigenvalue weighted by Crippen LogP contribution is -2.42. The van der Waals surface area contributed by atoms with Gasteiger partial charge in [-0.2, -0.15) is 4.98 Å². The van der Waals surface area contributed by atoms with Crippen LogP contribution in [0.5, 0.6) is 0 Å². The maximum absolute atomic E-state index is 6.23. The largest absolute Gasteiger partial charge is 0.416 e. The number of hydrogen-bond acceptors (Lipinski definition) is 7. The Morgan fingerprint density at radius 1 is 1.29 bits per heavy atom. The van der Waals surface area contributed by atoms with Crippen molar-refractivity contribution in [3.63, 3.8) is 0 Å². The summed E-state index contributed by atoms with van der Waals surface area (Å²) in [4.78, 5) is 13.3. The van der Waals surface area contributed by atoms with Gasteiger partial charge in [-0.15, -0.1) is 11.3 Å². The first-order chi connectivity index (χ1) is 13.2. The molecule has 3 rings (SSSR count). The van der Waals surface area contributed by atoms with Crippen molar-refractivity contribution in [1.82, 2.24) is 15.3 Å². The molecule has 0 radical (unpaired) electrons. The smallest absolute Gasteiger partial charge is 0.225 e. The summed E-state index contributed by atoms with van der Waals surface area (Å²) in [5.74, 6) is 0.919. The molecule has 0 aromatic carbocycles. The Morgan fingerprint density at radius 3 is 2.68 bits per heavy atom. The number of nitrogens with zero attached hydrogens (tertiary/aromatic N) is 3. The van der Waals surface area contributed by atoms with Crippen LogP contribution in [-0.2, 0) is 15.7 Å². The summed E-state index contributed by atoms with van der Waals surface area (Å²) >= 11 is 7.84. The number of ether oxygens (including phenoxy) is 1. The zero-order valence-electron chi connectivity index (χ0n) is 17.5. The summed E-state index contributed by atoms with van der Waals surface area (Å²) < 4.78 is 11.7. The monoisotopic (exact) mass is 442 g/mol. The highest BCUT2D eigenvalue weighted by atomic mass is 35.5. The molecule has 0 atom stereocenters. The minimum atomic E-state index is -1.68. The standard InChI is InChI=1S/C19H31ClN4O2SSi/c1-19(2,3)28(4,5)26-9-6-21-13-14-12-15-16(24-7-10-25-11-8-24)22-18(20)23-17(15)27-14/h12,21H,6-11,13H2,1-5H3. The maximum atomic E-state index is 6.23. The van der Waals surface area contributed by atoms with E-state index in [2.05, 4.69) is 60.1 Å². The van der Waals surface area contributed by atoms with Crippen molar-refractivity contribution in [3.8, 4) is 0 Å². The van der Waals surface area contributed by atoms with Gasteiger partial charge in [0.25, 0.3) is 0 Å². The lowest BCUT2D eigenvalue weighted by Gasteiger charge is -2.36. The van der Waals surface area contributed by atoms with Crippen molar-refractivity contribution >= 4 is 47.3 Å². The van der Waals surface area contributed by atoms with E-state index in [1.54, 1.807) is 11.3 Å². The van der Waals surface area contributed by atoms with Gasteiger partial charge in [-0.1, -0.05) is 20.8 Å². The van der Waals surface area contributed by atoms with Crippen molar-refractivity contribution in [2.45, 2.75) is 45.4 Å².